The minimum absolute atomic E-state index is 0.0428. The number of ketones is 1. The molecule has 0 bridgehead atoms. The molecule has 0 unspecified atom stereocenters. The highest BCUT2D eigenvalue weighted by atomic mass is 32.2. The predicted octanol–water partition coefficient (Wildman–Crippen LogP) is 2.51. The Morgan fingerprint density at radius 1 is 1.50 bits per heavy atom. The van der Waals surface area contributed by atoms with Crippen molar-refractivity contribution in [1.29, 1.82) is 0 Å². The summed E-state index contributed by atoms with van der Waals surface area (Å²) in [6.45, 7) is 2.37. The lowest BCUT2D eigenvalue weighted by Crippen LogP contribution is -2.18. The largest absolute Gasteiger partial charge is 0.385 e. The molecule has 1 aliphatic rings. The zero-order valence-corrected chi connectivity index (χ0v) is 11.1. The van der Waals surface area contributed by atoms with Crippen molar-refractivity contribution in [2.45, 2.75) is 24.7 Å². The second-order valence-electron chi connectivity index (χ2n) is 4.28. The maximum atomic E-state index is 11.3. The molecule has 0 saturated heterocycles. The molecule has 96 valence electrons. The molecule has 0 saturated carbocycles. The summed E-state index contributed by atoms with van der Waals surface area (Å²) in [5, 5.41) is 6.11. The van der Waals surface area contributed by atoms with E-state index in [1.165, 1.54) is 0 Å². The van der Waals surface area contributed by atoms with Crippen LogP contribution in [-0.4, -0.2) is 24.0 Å². The highest BCUT2D eigenvalue weighted by Crippen LogP contribution is 2.33. The topological polar surface area (TPSA) is 58.2 Å². The van der Waals surface area contributed by atoms with Gasteiger partial charge in [-0.1, -0.05) is 0 Å². The van der Waals surface area contributed by atoms with E-state index < -0.39 is 0 Å². The Balaban J connectivity index is 1.92. The third-order valence-electron chi connectivity index (χ3n) is 2.65. The number of thioether (sulfide) groups is 1. The van der Waals surface area contributed by atoms with Crippen LogP contribution in [0.3, 0.4) is 0 Å². The molecule has 5 heteroatoms. The van der Waals surface area contributed by atoms with Gasteiger partial charge in [-0.25, -0.2) is 0 Å². The van der Waals surface area contributed by atoms with Crippen LogP contribution in [0.25, 0.3) is 0 Å². The Kier molecular flexibility index (Phi) is 4.25. The molecule has 1 aromatic carbocycles. The molecule has 0 fully saturated rings. The van der Waals surface area contributed by atoms with Crippen molar-refractivity contribution in [2.75, 3.05) is 22.9 Å². The fourth-order valence-electron chi connectivity index (χ4n) is 1.76. The van der Waals surface area contributed by atoms with Gasteiger partial charge in [0, 0.05) is 23.5 Å². The van der Waals surface area contributed by atoms with E-state index in [0.29, 0.717) is 12.2 Å². The average Bonchev–Trinajstić information content (AvgIpc) is 2.34. The smallest absolute Gasteiger partial charge is 0.234 e. The normalized spacial score (nSPS) is 13.7. The van der Waals surface area contributed by atoms with Crippen LogP contribution in [0.4, 0.5) is 11.4 Å². The number of carbonyl (C=O) groups excluding carboxylic acids is 2. The van der Waals surface area contributed by atoms with E-state index >= 15 is 0 Å². The summed E-state index contributed by atoms with van der Waals surface area (Å²) in [4.78, 5) is 23.2. The van der Waals surface area contributed by atoms with Gasteiger partial charge in [0.1, 0.15) is 5.78 Å². The van der Waals surface area contributed by atoms with Gasteiger partial charge in [-0.3, -0.25) is 4.79 Å². The van der Waals surface area contributed by atoms with Crippen LogP contribution in [0, 0.1) is 0 Å². The Hall–Kier alpha value is -1.49. The summed E-state index contributed by atoms with van der Waals surface area (Å²) in [5.41, 5.74) is 1.84. The van der Waals surface area contributed by atoms with Crippen LogP contribution in [0.2, 0.25) is 0 Å². The average molecular weight is 264 g/mol. The van der Waals surface area contributed by atoms with Crippen molar-refractivity contribution in [1.82, 2.24) is 0 Å². The summed E-state index contributed by atoms with van der Waals surface area (Å²) in [7, 11) is 0. The minimum atomic E-state index is 0.0428. The molecule has 0 atom stereocenters. The Labute approximate surface area is 111 Å². The number of Topliss-reactive ketones (excluding diaryl/α,β-unsaturated/α-hetero) is 1. The molecule has 0 aliphatic carbocycles. The monoisotopic (exact) mass is 264 g/mol. The first-order valence-electron chi connectivity index (χ1n) is 5.95. The molecule has 1 aromatic rings. The number of amides is 1. The molecular formula is C13H16N2O2S. The fourth-order valence-corrected chi connectivity index (χ4v) is 2.55. The van der Waals surface area contributed by atoms with E-state index in [9.17, 15) is 9.59 Å². The van der Waals surface area contributed by atoms with Gasteiger partial charge in [-0.2, -0.15) is 0 Å². The minimum Gasteiger partial charge on any atom is -0.385 e. The first-order chi connectivity index (χ1) is 8.65. The molecule has 1 aliphatic heterocycles. The predicted molar refractivity (Wildman–Crippen MR) is 74.2 cm³/mol. The van der Waals surface area contributed by atoms with Gasteiger partial charge in [0.15, 0.2) is 0 Å². The molecule has 1 amide bonds. The van der Waals surface area contributed by atoms with Crippen LogP contribution in [0.15, 0.2) is 23.1 Å². The second-order valence-corrected chi connectivity index (χ2v) is 5.30. The van der Waals surface area contributed by atoms with E-state index in [1.807, 2.05) is 18.2 Å². The van der Waals surface area contributed by atoms with Crippen molar-refractivity contribution >= 4 is 34.8 Å². The molecule has 2 N–H and O–H groups in total. The van der Waals surface area contributed by atoms with Crippen molar-refractivity contribution in [3.63, 3.8) is 0 Å². The highest BCUT2D eigenvalue weighted by Gasteiger charge is 2.15. The Morgan fingerprint density at radius 2 is 2.33 bits per heavy atom. The SMILES string of the molecule is CC(=O)CCCNc1ccc2c(c1)NC(=O)CS2. The summed E-state index contributed by atoms with van der Waals surface area (Å²) in [5.74, 6) is 0.741. The van der Waals surface area contributed by atoms with E-state index in [0.717, 1.165) is 29.2 Å². The lowest BCUT2D eigenvalue weighted by Gasteiger charge is -2.17. The standard InChI is InChI=1S/C13H16N2O2S/c1-9(16)3-2-6-14-10-4-5-12-11(7-10)15-13(17)8-18-12/h4-5,7,14H,2-3,6,8H2,1H3,(H,15,17). The number of nitrogens with one attached hydrogen (secondary N) is 2. The maximum absolute atomic E-state index is 11.3. The lowest BCUT2D eigenvalue weighted by molar-refractivity contribution is -0.117. The number of anilines is 2. The van der Waals surface area contributed by atoms with Crippen LogP contribution in [0.5, 0.6) is 0 Å². The van der Waals surface area contributed by atoms with E-state index in [4.69, 9.17) is 0 Å². The van der Waals surface area contributed by atoms with Crippen LogP contribution < -0.4 is 10.6 Å². The Bertz CT molecular complexity index is 474. The van der Waals surface area contributed by atoms with E-state index in [-0.39, 0.29) is 11.7 Å². The van der Waals surface area contributed by atoms with Crippen LogP contribution in [-0.2, 0) is 9.59 Å². The summed E-state index contributed by atoms with van der Waals surface area (Å²) in [6, 6.07) is 5.94. The quantitative estimate of drug-likeness (QED) is 0.802. The van der Waals surface area contributed by atoms with E-state index in [2.05, 4.69) is 10.6 Å². The molecule has 4 nitrogen and oxygen atoms in total. The van der Waals surface area contributed by atoms with Crippen molar-refractivity contribution in [3.8, 4) is 0 Å². The van der Waals surface area contributed by atoms with Gasteiger partial charge in [-0.15, -0.1) is 11.8 Å². The molecule has 1 heterocycles. The number of hydrogen-bond acceptors (Lipinski definition) is 4. The first-order valence-corrected chi connectivity index (χ1v) is 6.94. The maximum Gasteiger partial charge on any atom is 0.234 e. The number of rotatable bonds is 5. The van der Waals surface area contributed by atoms with Crippen molar-refractivity contribution in [2.24, 2.45) is 0 Å². The van der Waals surface area contributed by atoms with Crippen LogP contribution >= 0.6 is 11.8 Å². The van der Waals surface area contributed by atoms with Gasteiger partial charge in [-0.05, 0) is 31.5 Å². The number of carbonyl (C=O) groups is 2. The highest BCUT2D eigenvalue weighted by molar-refractivity contribution is 8.00. The van der Waals surface area contributed by atoms with Gasteiger partial charge < -0.3 is 15.4 Å². The lowest BCUT2D eigenvalue weighted by atomic mass is 10.2. The van der Waals surface area contributed by atoms with Gasteiger partial charge >= 0.3 is 0 Å². The third-order valence-corrected chi connectivity index (χ3v) is 3.72. The fraction of sp³-hybridized carbons (Fsp3) is 0.385. The van der Waals surface area contributed by atoms with E-state index in [1.54, 1.807) is 18.7 Å². The molecule has 18 heavy (non-hydrogen) atoms. The number of benzene rings is 1. The number of hydrogen-bond donors (Lipinski definition) is 2. The third kappa shape index (κ3) is 3.50. The summed E-state index contributed by atoms with van der Waals surface area (Å²) >= 11 is 1.55. The molecule has 0 aromatic heterocycles. The molecule has 0 radical (unpaired) electrons. The zero-order chi connectivity index (χ0) is 13.0. The van der Waals surface area contributed by atoms with Gasteiger partial charge in [0.05, 0.1) is 11.4 Å². The molecular weight excluding hydrogens is 248 g/mol. The zero-order valence-electron chi connectivity index (χ0n) is 10.3. The molecule has 2 rings (SSSR count). The number of fused-ring (bicyclic) bond motifs is 1. The van der Waals surface area contributed by atoms with Crippen molar-refractivity contribution in [3.05, 3.63) is 18.2 Å². The van der Waals surface area contributed by atoms with Crippen LogP contribution in [0.1, 0.15) is 19.8 Å². The second kappa shape index (κ2) is 5.91. The molecule has 0 spiro atoms. The summed E-state index contributed by atoms with van der Waals surface area (Å²) < 4.78 is 0. The van der Waals surface area contributed by atoms with Gasteiger partial charge in [0.25, 0.3) is 0 Å². The van der Waals surface area contributed by atoms with Gasteiger partial charge in [0.2, 0.25) is 5.91 Å². The van der Waals surface area contributed by atoms with Crippen molar-refractivity contribution < 1.29 is 9.59 Å². The summed E-state index contributed by atoms with van der Waals surface area (Å²) in [6.07, 6.45) is 1.43. The Morgan fingerprint density at radius 3 is 3.11 bits per heavy atom. The first kappa shape index (κ1) is 13.0.